The Labute approximate surface area is 163 Å². The van der Waals surface area contributed by atoms with Crippen LogP contribution in [0.25, 0.3) is 0 Å². The number of halogens is 1. The van der Waals surface area contributed by atoms with Gasteiger partial charge < -0.3 is 5.32 Å². The lowest BCUT2D eigenvalue weighted by atomic mass is 10.0. The molecule has 10 heteroatoms. The Hall–Kier alpha value is -0.710. The standard InChI is InChI=1S/C16H27N3O4S2.ClH/c1-4-19(5-2)25(22,23)16-8-6-7-15(12-16)24(20,21)18-14-9-10-17-13(3)11-14;/h6-8,12-14,17-18H,4-5,9-11H2,1-3H3;1H. The van der Waals surface area contributed by atoms with Gasteiger partial charge in [0.15, 0.2) is 0 Å². The molecule has 1 aromatic carbocycles. The molecular formula is C16H28ClN3O4S2. The van der Waals surface area contributed by atoms with Gasteiger partial charge in [-0.2, -0.15) is 4.31 Å². The maximum absolute atomic E-state index is 12.7. The second-order valence-electron chi connectivity index (χ2n) is 6.26. The SMILES string of the molecule is CCN(CC)S(=O)(=O)c1cccc(S(=O)(=O)NC2CCNC(C)C2)c1.Cl. The van der Waals surface area contributed by atoms with Crippen molar-refractivity contribution in [3.63, 3.8) is 0 Å². The van der Waals surface area contributed by atoms with Gasteiger partial charge in [0.25, 0.3) is 0 Å². The number of hydrogen-bond acceptors (Lipinski definition) is 5. The van der Waals surface area contributed by atoms with Gasteiger partial charge in [0, 0.05) is 25.2 Å². The first kappa shape index (κ1) is 23.3. The maximum Gasteiger partial charge on any atom is 0.243 e. The zero-order chi connectivity index (χ0) is 18.7. The van der Waals surface area contributed by atoms with Crippen LogP contribution in [0.4, 0.5) is 0 Å². The molecule has 1 saturated heterocycles. The van der Waals surface area contributed by atoms with Gasteiger partial charge >= 0.3 is 0 Å². The highest BCUT2D eigenvalue weighted by molar-refractivity contribution is 7.90. The van der Waals surface area contributed by atoms with E-state index in [4.69, 9.17) is 0 Å². The quantitative estimate of drug-likeness (QED) is 0.691. The first-order valence-electron chi connectivity index (χ1n) is 8.56. The fraction of sp³-hybridized carbons (Fsp3) is 0.625. The molecule has 1 aliphatic heterocycles. The number of nitrogens with zero attached hydrogens (tertiary/aromatic N) is 1. The van der Waals surface area contributed by atoms with Gasteiger partial charge in [-0.05, 0) is 44.5 Å². The summed E-state index contributed by atoms with van der Waals surface area (Å²) in [5.41, 5.74) is 0. The van der Waals surface area contributed by atoms with Crippen molar-refractivity contribution in [2.45, 2.75) is 55.5 Å². The lowest BCUT2D eigenvalue weighted by Crippen LogP contribution is -2.46. The third-order valence-electron chi connectivity index (χ3n) is 4.40. The normalized spacial score (nSPS) is 21.4. The molecule has 0 aromatic heterocycles. The molecule has 2 atom stereocenters. The van der Waals surface area contributed by atoms with Crippen LogP contribution >= 0.6 is 12.4 Å². The van der Waals surface area contributed by atoms with Crippen LogP contribution in [-0.2, 0) is 20.0 Å². The molecule has 0 saturated carbocycles. The second kappa shape index (κ2) is 9.48. The third-order valence-corrected chi connectivity index (χ3v) is 7.97. The Morgan fingerprint density at radius 1 is 1.15 bits per heavy atom. The summed E-state index contributed by atoms with van der Waals surface area (Å²) in [5.74, 6) is 0. The van der Waals surface area contributed by atoms with Gasteiger partial charge in [-0.25, -0.2) is 21.6 Å². The van der Waals surface area contributed by atoms with E-state index in [9.17, 15) is 16.8 Å². The van der Waals surface area contributed by atoms with Gasteiger partial charge in [-0.15, -0.1) is 12.4 Å². The molecule has 2 rings (SSSR count). The average molecular weight is 426 g/mol. The predicted octanol–water partition coefficient (Wildman–Crippen LogP) is 1.56. The molecule has 0 aliphatic carbocycles. The van der Waals surface area contributed by atoms with Crippen molar-refractivity contribution in [2.24, 2.45) is 0 Å². The molecule has 2 unspecified atom stereocenters. The van der Waals surface area contributed by atoms with E-state index >= 15 is 0 Å². The van der Waals surface area contributed by atoms with E-state index in [1.165, 1.54) is 28.6 Å². The Morgan fingerprint density at radius 3 is 2.35 bits per heavy atom. The first-order chi connectivity index (χ1) is 11.7. The Balaban J connectivity index is 0.00000338. The molecule has 7 nitrogen and oxygen atoms in total. The van der Waals surface area contributed by atoms with Gasteiger partial charge in [-0.3, -0.25) is 0 Å². The van der Waals surface area contributed by atoms with Crippen LogP contribution < -0.4 is 10.0 Å². The van der Waals surface area contributed by atoms with E-state index in [1.54, 1.807) is 13.8 Å². The van der Waals surface area contributed by atoms with Crippen LogP contribution in [0, 0.1) is 0 Å². The molecule has 1 fully saturated rings. The number of benzene rings is 1. The van der Waals surface area contributed by atoms with Crippen molar-refractivity contribution < 1.29 is 16.8 Å². The molecule has 26 heavy (non-hydrogen) atoms. The van der Waals surface area contributed by atoms with Crippen LogP contribution in [0.1, 0.15) is 33.6 Å². The fourth-order valence-corrected chi connectivity index (χ4v) is 5.95. The monoisotopic (exact) mass is 425 g/mol. The third kappa shape index (κ3) is 5.40. The molecule has 1 heterocycles. The minimum Gasteiger partial charge on any atom is -0.314 e. The molecule has 0 amide bonds. The highest BCUT2D eigenvalue weighted by Gasteiger charge is 2.27. The average Bonchev–Trinajstić information content (AvgIpc) is 2.55. The van der Waals surface area contributed by atoms with Crippen LogP contribution in [0.3, 0.4) is 0 Å². The molecule has 1 aliphatic rings. The molecule has 2 N–H and O–H groups in total. The summed E-state index contributed by atoms with van der Waals surface area (Å²) in [6.07, 6.45) is 1.41. The molecule has 0 radical (unpaired) electrons. The van der Waals surface area contributed by atoms with Crippen molar-refractivity contribution in [1.29, 1.82) is 0 Å². The fourth-order valence-electron chi connectivity index (χ4n) is 3.04. The minimum atomic E-state index is -3.77. The van der Waals surface area contributed by atoms with Gasteiger partial charge in [0.2, 0.25) is 20.0 Å². The van der Waals surface area contributed by atoms with Crippen molar-refractivity contribution in [1.82, 2.24) is 14.3 Å². The smallest absolute Gasteiger partial charge is 0.243 e. The van der Waals surface area contributed by atoms with E-state index in [1.807, 2.05) is 6.92 Å². The number of hydrogen-bond donors (Lipinski definition) is 2. The summed E-state index contributed by atoms with van der Waals surface area (Å²) in [7, 11) is -7.46. The molecule has 1 aromatic rings. The highest BCUT2D eigenvalue weighted by Crippen LogP contribution is 2.20. The van der Waals surface area contributed by atoms with E-state index in [0.29, 0.717) is 25.9 Å². The highest BCUT2D eigenvalue weighted by atomic mass is 35.5. The van der Waals surface area contributed by atoms with E-state index in [2.05, 4.69) is 10.0 Å². The minimum absolute atomic E-state index is 0. The second-order valence-corrected chi connectivity index (χ2v) is 9.91. The van der Waals surface area contributed by atoms with Crippen LogP contribution in [-0.4, -0.2) is 52.9 Å². The lowest BCUT2D eigenvalue weighted by Gasteiger charge is -2.28. The van der Waals surface area contributed by atoms with Crippen LogP contribution in [0.15, 0.2) is 34.1 Å². The molecule has 0 spiro atoms. The summed E-state index contributed by atoms with van der Waals surface area (Å²) in [4.78, 5) is -0.0235. The summed E-state index contributed by atoms with van der Waals surface area (Å²) in [6, 6.07) is 5.66. The largest absolute Gasteiger partial charge is 0.314 e. The van der Waals surface area contributed by atoms with E-state index in [-0.39, 0.29) is 34.3 Å². The topological polar surface area (TPSA) is 95.6 Å². The Bertz CT molecular complexity index is 795. The van der Waals surface area contributed by atoms with Crippen molar-refractivity contribution in [3.8, 4) is 0 Å². The lowest BCUT2D eigenvalue weighted by molar-refractivity contribution is 0.361. The van der Waals surface area contributed by atoms with Crippen LogP contribution in [0.5, 0.6) is 0 Å². The van der Waals surface area contributed by atoms with Crippen molar-refractivity contribution >= 4 is 32.5 Å². The van der Waals surface area contributed by atoms with Gasteiger partial charge in [0.1, 0.15) is 0 Å². The number of piperidine rings is 1. The number of nitrogens with one attached hydrogen (secondary N) is 2. The zero-order valence-electron chi connectivity index (χ0n) is 15.3. The van der Waals surface area contributed by atoms with E-state index in [0.717, 1.165) is 6.54 Å². The summed E-state index contributed by atoms with van der Waals surface area (Å²) in [6.45, 7) is 6.94. The zero-order valence-corrected chi connectivity index (χ0v) is 17.8. The summed E-state index contributed by atoms with van der Waals surface area (Å²) < 4.78 is 54.5. The van der Waals surface area contributed by atoms with Crippen molar-refractivity contribution in [2.75, 3.05) is 19.6 Å². The van der Waals surface area contributed by atoms with Gasteiger partial charge in [0.05, 0.1) is 9.79 Å². The molecule has 0 bridgehead atoms. The number of rotatable bonds is 7. The van der Waals surface area contributed by atoms with Crippen molar-refractivity contribution in [3.05, 3.63) is 24.3 Å². The first-order valence-corrected chi connectivity index (χ1v) is 11.5. The number of sulfonamides is 2. The maximum atomic E-state index is 12.7. The predicted molar refractivity (Wildman–Crippen MR) is 105 cm³/mol. The molecular weight excluding hydrogens is 398 g/mol. The Kier molecular flexibility index (Phi) is 8.50. The Morgan fingerprint density at radius 2 is 1.77 bits per heavy atom. The van der Waals surface area contributed by atoms with E-state index < -0.39 is 20.0 Å². The summed E-state index contributed by atoms with van der Waals surface area (Å²) in [5, 5.41) is 3.27. The molecule has 150 valence electrons. The van der Waals surface area contributed by atoms with Crippen LogP contribution in [0.2, 0.25) is 0 Å². The van der Waals surface area contributed by atoms with Gasteiger partial charge in [-0.1, -0.05) is 19.9 Å². The summed E-state index contributed by atoms with van der Waals surface area (Å²) >= 11 is 0.